The second-order valence-electron chi connectivity index (χ2n) is 5.39. The van der Waals surface area contributed by atoms with Gasteiger partial charge in [0, 0.05) is 23.4 Å². The summed E-state index contributed by atoms with van der Waals surface area (Å²) in [5, 5.41) is 22.7. The van der Waals surface area contributed by atoms with E-state index in [1.807, 2.05) is 6.92 Å². The molecule has 0 unspecified atom stereocenters. The lowest BCUT2D eigenvalue weighted by molar-refractivity contribution is 0.400. The van der Waals surface area contributed by atoms with E-state index in [0.29, 0.717) is 12.1 Å². The highest BCUT2D eigenvalue weighted by molar-refractivity contribution is 5.50. The number of aryl methyl sites for hydroxylation is 2. The van der Waals surface area contributed by atoms with E-state index < -0.39 is 0 Å². The first-order valence-corrected chi connectivity index (χ1v) is 7.25. The number of hydrogen-bond acceptors (Lipinski definition) is 5. The Morgan fingerprint density at radius 3 is 2.81 bits per heavy atom. The average molecular weight is 285 g/mol. The number of nitrogens with one attached hydrogen (secondary N) is 1. The topological polar surface area (TPSA) is 78.3 Å². The number of hydrogen-bond donors (Lipinski definition) is 3. The first kappa shape index (κ1) is 13.7. The van der Waals surface area contributed by atoms with E-state index in [1.165, 1.54) is 18.1 Å². The average Bonchev–Trinajstić information content (AvgIpc) is 2.48. The fourth-order valence-corrected chi connectivity index (χ4v) is 2.76. The number of anilines is 1. The van der Waals surface area contributed by atoms with Crippen LogP contribution in [0.25, 0.3) is 0 Å². The summed E-state index contributed by atoms with van der Waals surface area (Å²) in [6, 6.07) is 4.96. The number of rotatable bonds is 3. The van der Waals surface area contributed by atoms with Crippen molar-refractivity contribution in [2.75, 3.05) is 5.32 Å². The maximum Gasteiger partial charge on any atom is 0.162 e. The molecule has 3 rings (SSSR count). The fraction of sp³-hybridized carbons (Fsp3) is 0.375. The molecule has 3 N–H and O–H groups in total. The van der Waals surface area contributed by atoms with Crippen molar-refractivity contribution in [2.45, 2.75) is 39.2 Å². The molecule has 0 aliphatic heterocycles. The van der Waals surface area contributed by atoms with Gasteiger partial charge in [-0.25, -0.2) is 9.97 Å². The lowest BCUT2D eigenvalue weighted by Gasteiger charge is -2.19. The number of para-hydroxylation sites is 1. The maximum atomic E-state index is 9.85. The Morgan fingerprint density at radius 2 is 1.95 bits per heavy atom. The van der Waals surface area contributed by atoms with E-state index in [1.54, 1.807) is 12.1 Å². The van der Waals surface area contributed by atoms with Crippen LogP contribution in [0.2, 0.25) is 0 Å². The van der Waals surface area contributed by atoms with Crippen molar-refractivity contribution in [3.05, 3.63) is 40.8 Å². The van der Waals surface area contributed by atoms with Crippen LogP contribution in [0.1, 0.15) is 35.5 Å². The summed E-state index contributed by atoms with van der Waals surface area (Å²) in [5.74, 6) is 1.43. The Hall–Kier alpha value is -2.30. The van der Waals surface area contributed by atoms with Gasteiger partial charge in [-0.3, -0.25) is 0 Å². The van der Waals surface area contributed by atoms with Gasteiger partial charge < -0.3 is 15.5 Å². The Balaban J connectivity index is 1.85. The van der Waals surface area contributed by atoms with Crippen LogP contribution in [0, 0.1) is 6.92 Å². The van der Waals surface area contributed by atoms with Gasteiger partial charge in [-0.15, -0.1) is 0 Å². The Bertz CT molecular complexity index is 671. The third kappa shape index (κ3) is 2.77. The van der Waals surface area contributed by atoms with Gasteiger partial charge >= 0.3 is 0 Å². The molecule has 5 heteroatoms. The van der Waals surface area contributed by atoms with Crippen LogP contribution < -0.4 is 5.32 Å². The predicted octanol–water partition coefficient (Wildman–Crippen LogP) is 2.69. The van der Waals surface area contributed by atoms with Crippen LogP contribution in [0.15, 0.2) is 18.2 Å². The van der Waals surface area contributed by atoms with Crippen molar-refractivity contribution in [3.8, 4) is 11.5 Å². The third-order valence-corrected chi connectivity index (χ3v) is 3.84. The minimum Gasteiger partial charge on any atom is -0.504 e. The zero-order valence-corrected chi connectivity index (χ0v) is 12.1. The molecule has 5 nitrogen and oxygen atoms in total. The first-order chi connectivity index (χ1) is 10.1. The van der Waals surface area contributed by atoms with Crippen LogP contribution in [0.4, 0.5) is 5.82 Å². The Kier molecular flexibility index (Phi) is 3.64. The van der Waals surface area contributed by atoms with Gasteiger partial charge in [0.15, 0.2) is 11.5 Å². The normalized spacial score (nSPS) is 13.8. The van der Waals surface area contributed by atoms with Crippen molar-refractivity contribution in [1.29, 1.82) is 0 Å². The highest BCUT2D eigenvalue weighted by Gasteiger charge is 2.17. The largest absolute Gasteiger partial charge is 0.504 e. The van der Waals surface area contributed by atoms with Crippen molar-refractivity contribution >= 4 is 5.82 Å². The summed E-state index contributed by atoms with van der Waals surface area (Å²) in [6.07, 6.45) is 4.33. The van der Waals surface area contributed by atoms with Gasteiger partial charge in [0.2, 0.25) is 0 Å². The molecule has 110 valence electrons. The quantitative estimate of drug-likeness (QED) is 0.756. The van der Waals surface area contributed by atoms with Crippen molar-refractivity contribution < 1.29 is 10.2 Å². The molecule has 21 heavy (non-hydrogen) atoms. The minimum atomic E-state index is -0.102. The zero-order chi connectivity index (χ0) is 14.8. The minimum absolute atomic E-state index is 0.0790. The van der Waals surface area contributed by atoms with E-state index in [-0.39, 0.29) is 11.5 Å². The van der Waals surface area contributed by atoms with Crippen LogP contribution in [0.5, 0.6) is 11.5 Å². The SMILES string of the molecule is Cc1nc2c(c(NCc3cccc(O)c3O)n1)CCCC2. The molecule has 2 aromatic rings. The van der Waals surface area contributed by atoms with Gasteiger partial charge in [0.05, 0.1) is 0 Å². The highest BCUT2D eigenvalue weighted by atomic mass is 16.3. The molecule has 0 fully saturated rings. The van der Waals surface area contributed by atoms with E-state index in [2.05, 4.69) is 15.3 Å². The summed E-state index contributed by atoms with van der Waals surface area (Å²) in [7, 11) is 0. The van der Waals surface area contributed by atoms with Gasteiger partial charge in [-0.05, 0) is 38.7 Å². The maximum absolute atomic E-state index is 9.85. The van der Waals surface area contributed by atoms with Gasteiger partial charge in [0.25, 0.3) is 0 Å². The van der Waals surface area contributed by atoms with Crippen LogP contribution in [-0.4, -0.2) is 20.2 Å². The number of benzene rings is 1. The molecule has 1 aromatic heterocycles. The van der Waals surface area contributed by atoms with E-state index in [4.69, 9.17) is 0 Å². The summed E-state index contributed by atoms with van der Waals surface area (Å²) in [6.45, 7) is 2.31. The molecule has 0 saturated heterocycles. The Morgan fingerprint density at radius 1 is 1.14 bits per heavy atom. The molecule has 1 heterocycles. The third-order valence-electron chi connectivity index (χ3n) is 3.84. The molecule has 0 bridgehead atoms. The van der Waals surface area contributed by atoms with Gasteiger partial charge in [-0.2, -0.15) is 0 Å². The van der Waals surface area contributed by atoms with Gasteiger partial charge in [-0.1, -0.05) is 12.1 Å². The molecule has 1 aromatic carbocycles. The number of aromatic hydroxyl groups is 2. The molecule has 0 spiro atoms. The number of fused-ring (bicyclic) bond motifs is 1. The van der Waals surface area contributed by atoms with Crippen LogP contribution in [0.3, 0.4) is 0 Å². The molecule has 0 amide bonds. The molecule has 1 aliphatic carbocycles. The predicted molar refractivity (Wildman–Crippen MR) is 80.5 cm³/mol. The van der Waals surface area contributed by atoms with E-state index >= 15 is 0 Å². The standard InChI is InChI=1S/C16H19N3O2/c1-10-18-13-7-3-2-6-12(13)16(19-10)17-9-11-5-4-8-14(20)15(11)21/h4-5,8,20-21H,2-3,6-7,9H2,1H3,(H,17,18,19). The Labute approximate surface area is 123 Å². The van der Waals surface area contributed by atoms with Crippen molar-refractivity contribution in [1.82, 2.24) is 9.97 Å². The highest BCUT2D eigenvalue weighted by Crippen LogP contribution is 2.30. The molecule has 0 saturated carbocycles. The van der Waals surface area contributed by atoms with Crippen molar-refractivity contribution in [2.24, 2.45) is 0 Å². The lowest BCUT2D eigenvalue weighted by Crippen LogP contribution is -2.13. The lowest BCUT2D eigenvalue weighted by atomic mass is 9.96. The zero-order valence-electron chi connectivity index (χ0n) is 12.1. The summed E-state index contributed by atoms with van der Waals surface area (Å²) < 4.78 is 0. The number of nitrogens with zero attached hydrogens (tertiary/aromatic N) is 2. The smallest absolute Gasteiger partial charge is 0.162 e. The molecular weight excluding hydrogens is 266 g/mol. The van der Waals surface area contributed by atoms with Crippen molar-refractivity contribution in [3.63, 3.8) is 0 Å². The fourth-order valence-electron chi connectivity index (χ4n) is 2.76. The summed E-state index contributed by atoms with van der Waals surface area (Å²) in [4.78, 5) is 9.01. The van der Waals surface area contributed by atoms with E-state index in [9.17, 15) is 10.2 Å². The molecule has 0 atom stereocenters. The van der Waals surface area contributed by atoms with Crippen LogP contribution in [-0.2, 0) is 19.4 Å². The second-order valence-corrected chi connectivity index (χ2v) is 5.39. The number of phenols is 2. The van der Waals surface area contributed by atoms with Crippen LogP contribution >= 0.6 is 0 Å². The van der Waals surface area contributed by atoms with Gasteiger partial charge in [0.1, 0.15) is 11.6 Å². The molecular formula is C16H19N3O2. The summed E-state index contributed by atoms with van der Waals surface area (Å²) >= 11 is 0. The first-order valence-electron chi connectivity index (χ1n) is 7.25. The number of phenolic OH excluding ortho intramolecular Hbond substituents is 2. The number of aromatic nitrogens is 2. The monoisotopic (exact) mass is 285 g/mol. The molecule has 1 aliphatic rings. The molecule has 0 radical (unpaired) electrons. The summed E-state index contributed by atoms with van der Waals surface area (Å²) in [5.41, 5.74) is 2.97. The second kappa shape index (κ2) is 5.60. The van der Waals surface area contributed by atoms with E-state index in [0.717, 1.165) is 36.6 Å².